The third-order valence-electron chi connectivity index (χ3n) is 4.16. The van der Waals surface area contributed by atoms with E-state index in [0.717, 1.165) is 16.7 Å². The minimum atomic E-state index is -2.43. The van der Waals surface area contributed by atoms with Gasteiger partial charge < -0.3 is 15.2 Å². The van der Waals surface area contributed by atoms with Crippen molar-refractivity contribution in [1.29, 1.82) is 0 Å². The number of rotatable bonds is 4. The summed E-state index contributed by atoms with van der Waals surface area (Å²) in [6, 6.07) is 11.9. The molecule has 0 bridgehead atoms. The number of amides is 1. The van der Waals surface area contributed by atoms with Crippen molar-refractivity contribution in [3.05, 3.63) is 65.2 Å². The van der Waals surface area contributed by atoms with Gasteiger partial charge in [0.15, 0.2) is 0 Å². The van der Waals surface area contributed by atoms with Crippen molar-refractivity contribution < 1.29 is 13.4 Å². The average molecular weight is 377 g/mol. The topological polar surface area (TPSA) is 80.0 Å². The molecule has 28 heavy (non-hydrogen) atoms. The first-order valence-corrected chi connectivity index (χ1v) is 8.74. The van der Waals surface area contributed by atoms with E-state index in [1.54, 1.807) is 12.1 Å². The summed E-state index contributed by atoms with van der Waals surface area (Å²) in [5.41, 5.74) is 3.48. The van der Waals surface area contributed by atoms with Crippen LogP contribution in [0.25, 0.3) is 11.1 Å². The molecule has 6 heteroatoms. The van der Waals surface area contributed by atoms with Gasteiger partial charge in [-0.25, -0.2) is 4.98 Å². The van der Waals surface area contributed by atoms with Crippen LogP contribution >= 0.6 is 0 Å². The summed E-state index contributed by atoms with van der Waals surface area (Å²) in [5, 5.41) is 8.89. The summed E-state index contributed by atoms with van der Waals surface area (Å²) in [4.78, 5) is 16.9. The highest BCUT2D eigenvalue weighted by molar-refractivity contribution is 5.94. The maximum atomic E-state index is 12.4. The summed E-state index contributed by atoms with van der Waals surface area (Å²) in [5.74, 6) is 6.52. The van der Waals surface area contributed by atoms with E-state index in [4.69, 9.17) is 8.64 Å². The van der Waals surface area contributed by atoms with Crippen LogP contribution in [-0.2, 0) is 4.79 Å². The maximum absolute atomic E-state index is 12.4. The predicted molar refractivity (Wildman–Crippen MR) is 109 cm³/mol. The largest absolute Gasteiger partial charge is 0.361 e. The van der Waals surface area contributed by atoms with Crippen LogP contribution in [0.4, 0.5) is 5.82 Å². The Hall–Kier alpha value is -3.43. The molecule has 2 heterocycles. The average Bonchev–Trinajstić information content (AvgIpc) is 3.04. The second-order valence-corrected chi connectivity index (χ2v) is 6.26. The summed E-state index contributed by atoms with van der Waals surface area (Å²) < 4.78 is 27.0. The van der Waals surface area contributed by atoms with E-state index < -0.39 is 18.9 Å². The van der Waals surface area contributed by atoms with Crippen LogP contribution in [0.2, 0.25) is 0 Å². The lowest BCUT2D eigenvalue weighted by Gasteiger charge is -2.12. The smallest absolute Gasteiger partial charge is 0.242 e. The number of hydrogen-bond acceptors (Lipinski definition) is 5. The molecule has 0 saturated heterocycles. The number of anilines is 1. The number of nitrogens with zero attached hydrogens (tertiary/aromatic N) is 2. The summed E-state index contributed by atoms with van der Waals surface area (Å²) >= 11 is 0. The van der Waals surface area contributed by atoms with E-state index in [-0.39, 0.29) is 5.82 Å². The third kappa shape index (κ3) is 4.27. The molecule has 3 rings (SSSR count). The third-order valence-corrected chi connectivity index (χ3v) is 4.16. The first-order chi connectivity index (χ1) is 14.6. The molecule has 1 atom stereocenters. The van der Waals surface area contributed by atoms with E-state index in [1.165, 1.54) is 6.92 Å². The van der Waals surface area contributed by atoms with Gasteiger partial charge >= 0.3 is 0 Å². The Morgan fingerprint density at radius 2 is 1.96 bits per heavy atom. The summed E-state index contributed by atoms with van der Waals surface area (Å²) in [6.45, 7) is 2.68. The van der Waals surface area contributed by atoms with Gasteiger partial charge in [0.2, 0.25) is 5.91 Å². The van der Waals surface area contributed by atoms with Crippen LogP contribution in [0.1, 0.15) is 33.7 Å². The Bertz CT molecular complexity index is 1130. The number of aromatic nitrogens is 2. The molecule has 0 radical (unpaired) electrons. The van der Waals surface area contributed by atoms with Crippen LogP contribution in [0, 0.1) is 25.7 Å². The Kier molecular flexibility index (Phi) is 4.74. The maximum Gasteiger partial charge on any atom is 0.242 e. The Labute approximate surface area is 168 Å². The van der Waals surface area contributed by atoms with Crippen LogP contribution < -0.4 is 10.6 Å². The predicted octanol–water partition coefficient (Wildman–Crippen LogP) is 3.30. The molecule has 0 aliphatic rings. The Balaban J connectivity index is 1.97. The molecular formula is C22H22N4O2. The van der Waals surface area contributed by atoms with Crippen molar-refractivity contribution in [3.63, 3.8) is 0 Å². The van der Waals surface area contributed by atoms with Crippen molar-refractivity contribution in [1.82, 2.24) is 15.5 Å². The highest BCUT2D eigenvalue weighted by Crippen LogP contribution is 2.29. The van der Waals surface area contributed by atoms with E-state index in [0.29, 0.717) is 17.1 Å². The Morgan fingerprint density at radius 3 is 2.64 bits per heavy atom. The van der Waals surface area contributed by atoms with Gasteiger partial charge in [0.05, 0.1) is 17.3 Å². The second-order valence-electron chi connectivity index (χ2n) is 6.26. The SMILES string of the molecule is [2H]C([2H])([2H])NC(C)C(=O)Nc1ccc(-c2c(C)noc2C)c(C#Cc2ccccc2)n1. The van der Waals surface area contributed by atoms with E-state index in [9.17, 15) is 4.79 Å². The van der Waals surface area contributed by atoms with Crippen LogP contribution in [0.3, 0.4) is 0 Å². The molecular weight excluding hydrogens is 352 g/mol. The number of carbonyl (C=O) groups is 1. The monoisotopic (exact) mass is 377 g/mol. The van der Waals surface area contributed by atoms with Gasteiger partial charge in [-0.1, -0.05) is 29.3 Å². The lowest BCUT2D eigenvalue weighted by molar-refractivity contribution is -0.117. The summed E-state index contributed by atoms with van der Waals surface area (Å²) in [7, 11) is 0. The van der Waals surface area contributed by atoms with E-state index in [1.807, 2.05) is 44.2 Å². The number of likely N-dealkylation sites (N-methyl/N-ethyl adjacent to an activating group) is 1. The van der Waals surface area contributed by atoms with Crippen LogP contribution in [0.15, 0.2) is 47.0 Å². The van der Waals surface area contributed by atoms with Crippen molar-refractivity contribution in [3.8, 4) is 23.0 Å². The molecule has 1 amide bonds. The number of nitrogens with one attached hydrogen (secondary N) is 2. The first kappa shape index (κ1) is 15.6. The quantitative estimate of drug-likeness (QED) is 0.682. The molecule has 0 fully saturated rings. The van der Waals surface area contributed by atoms with Gasteiger partial charge in [-0.15, -0.1) is 0 Å². The van der Waals surface area contributed by atoms with Crippen molar-refractivity contribution in [2.45, 2.75) is 26.8 Å². The van der Waals surface area contributed by atoms with Crippen LogP contribution in [-0.4, -0.2) is 29.1 Å². The van der Waals surface area contributed by atoms with Crippen molar-refractivity contribution >= 4 is 11.7 Å². The van der Waals surface area contributed by atoms with Gasteiger partial charge in [-0.05, 0) is 57.9 Å². The highest BCUT2D eigenvalue weighted by atomic mass is 16.5. The van der Waals surface area contributed by atoms with E-state index >= 15 is 0 Å². The minimum Gasteiger partial charge on any atom is -0.361 e. The standard InChI is InChI=1S/C22H22N4O2/c1-14-21(16(3)28-26-14)18-11-13-20(25-22(27)15(2)23-4)24-19(18)12-10-17-8-6-5-7-9-17/h5-9,11,13,15,23H,1-4H3,(H,24,25,27)/i4D3. The summed E-state index contributed by atoms with van der Waals surface area (Å²) in [6.07, 6.45) is 0. The Morgan fingerprint density at radius 1 is 1.18 bits per heavy atom. The number of aryl methyl sites for hydroxylation is 2. The van der Waals surface area contributed by atoms with Gasteiger partial charge in [0.25, 0.3) is 0 Å². The fourth-order valence-corrected chi connectivity index (χ4v) is 2.65. The molecule has 2 aromatic heterocycles. The first-order valence-electron chi connectivity index (χ1n) is 10.2. The number of pyridine rings is 1. The van der Waals surface area contributed by atoms with Crippen LogP contribution in [0.5, 0.6) is 0 Å². The van der Waals surface area contributed by atoms with Gasteiger partial charge in [-0.2, -0.15) is 0 Å². The number of carbonyl (C=O) groups excluding carboxylic acids is 1. The molecule has 1 aromatic carbocycles. The van der Waals surface area contributed by atoms with Gasteiger partial charge in [0.1, 0.15) is 17.3 Å². The lowest BCUT2D eigenvalue weighted by Crippen LogP contribution is -2.35. The fourth-order valence-electron chi connectivity index (χ4n) is 2.65. The lowest BCUT2D eigenvalue weighted by atomic mass is 10.0. The molecule has 6 nitrogen and oxygen atoms in total. The molecule has 0 aliphatic heterocycles. The zero-order valence-electron chi connectivity index (χ0n) is 18.8. The molecule has 0 aliphatic carbocycles. The number of hydrogen-bond donors (Lipinski definition) is 2. The number of benzene rings is 1. The van der Waals surface area contributed by atoms with Gasteiger partial charge in [0, 0.05) is 15.2 Å². The molecule has 0 spiro atoms. The molecule has 1 unspecified atom stereocenters. The molecule has 2 N–H and O–H groups in total. The molecule has 0 saturated carbocycles. The zero-order chi connectivity index (χ0) is 22.6. The zero-order valence-corrected chi connectivity index (χ0v) is 15.8. The van der Waals surface area contributed by atoms with Crippen molar-refractivity contribution in [2.24, 2.45) is 0 Å². The van der Waals surface area contributed by atoms with Crippen molar-refractivity contribution in [2.75, 3.05) is 12.3 Å². The van der Waals surface area contributed by atoms with Gasteiger partial charge in [-0.3, -0.25) is 4.79 Å². The normalized spacial score (nSPS) is 13.5. The molecule has 3 aromatic rings. The fraction of sp³-hybridized carbons (Fsp3) is 0.227. The second kappa shape index (κ2) is 8.51. The molecule has 142 valence electrons. The minimum absolute atomic E-state index is 0.261. The highest BCUT2D eigenvalue weighted by Gasteiger charge is 2.17. The van der Waals surface area contributed by atoms with E-state index in [2.05, 4.69) is 32.6 Å².